The number of carbonyl (C=O) groups excluding carboxylic acids is 3. The molecule has 2 fully saturated rings. The van der Waals surface area contributed by atoms with E-state index in [1.807, 2.05) is 0 Å². The summed E-state index contributed by atoms with van der Waals surface area (Å²) in [5.74, 6) is -0.457. The molecular weight excluding hydrogens is 226 g/mol. The van der Waals surface area contributed by atoms with Gasteiger partial charge >= 0.3 is 6.16 Å². The number of imide groups is 1. The Bertz CT molecular complexity index is 338. The highest BCUT2D eigenvalue weighted by atomic mass is 16.8. The van der Waals surface area contributed by atoms with E-state index in [0.29, 0.717) is 11.0 Å². The van der Waals surface area contributed by atoms with E-state index >= 15 is 0 Å². The van der Waals surface area contributed by atoms with E-state index in [1.54, 1.807) is 0 Å². The van der Waals surface area contributed by atoms with Crippen LogP contribution in [0.3, 0.4) is 0 Å². The van der Waals surface area contributed by atoms with E-state index in [4.69, 9.17) is 4.74 Å². The van der Waals surface area contributed by atoms with Gasteiger partial charge in [0, 0.05) is 12.8 Å². The van der Waals surface area contributed by atoms with Gasteiger partial charge in [-0.25, -0.2) is 4.79 Å². The molecule has 1 saturated carbocycles. The molecule has 0 aromatic heterocycles. The normalized spacial score (nSPS) is 28.6. The van der Waals surface area contributed by atoms with Crippen LogP contribution in [0.2, 0.25) is 0 Å². The number of ether oxygens (including phenoxy) is 1. The lowest BCUT2D eigenvalue weighted by Gasteiger charge is -2.15. The van der Waals surface area contributed by atoms with Crippen LogP contribution in [0.25, 0.3) is 0 Å². The lowest BCUT2D eigenvalue weighted by atomic mass is 10.1. The molecule has 1 aliphatic carbocycles. The van der Waals surface area contributed by atoms with Crippen molar-refractivity contribution in [3.63, 3.8) is 0 Å². The Morgan fingerprint density at radius 1 is 1.24 bits per heavy atom. The Morgan fingerprint density at radius 3 is 2.41 bits per heavy atom. The molecule has 1 aliphatic heterocycles. The zero-order chi connectivity index (χ0) is 12.4. The van der Waals surface area contributed by atoms with Crippen LogP contribution in [0.4, 0.5) is 4.79 Å². The van der Waals surface area contributed by atoms with E-state index in [1.165, 1.54) is 0 Å². The molecule has 0 N–H and O–H groups in total. The molecule has 2 amide bonds. The van der Waals surface area contributed by atoms with Gasteiger partial charge in [0.1, 0.15) is 6.10 Å². The Hall–Kier alpha value is -1.59. The van der Waals surface area contributed by atoms with Crippen molar-refractivity contribution in [2.24, 2.45) is 5.92 Å². The molecule has 0 aromatic rings. The first kappa shape index (κ1) is 11.9. The molecule has 1 saturated heterocycles. The number of nitrogens with zero attached hydrogens (tertiary/aromatic N) is 1. The molecule has 0 aromatic carbocycles. The minimum absolute atomic E-state index is 0.0899. The molecule has 0 bridgehead atoms. The summed E-state index contributed by atoms with van der Waals surface area (Å²) in [7, 11) is 0. The molecule has 0 spiro atoms. The van der Waals surface area contributed by atoms with Crippen molar-refractivity contribution in [2.45, 2.75) is 45.1 Å². The molecule has 94 valence electrons. The van der Waals surface area contributed by atoms with Crippen LogP contribution in [0, 0.1) is 5.92 Å². The highest BCUT2D eigenvalue weighted by Crippen LogP contribution is 2.27. The molecule has 1 heterocycles. The SMILES string of the molecule is CC1CCC(OC(=O)ON2C(=O)CCC2=O)C1. The molecule has 0 radical (unpaired) electrons. The average molecular weight is 241 g/mol. The second kappa shape index (κ2) is 4.73. The van der Waals surface area contributed by atoms with Gasteiger partial charge in [0.05, 0.1) is 0 Å². The van der Waals surface area contributed by atoms with Crippen LogP contribution < -0.4 is 0 Å². The van der Waals surface area contributed by atoms with E-state index in [9.17, 15) is 14.4 Å². The van der Waals surface area contributed by atoms with Crippen LogP contribution in [-0.4, -0.2) is 29.1 Å². The summed E-state index contributed by atoms with van der Waals surface area (Å²) in [5.41, 5.74) is 0. The predicted octanol–water partition coefficient (Wildman–Crippen LogP) is 1.39. The van der Waals surface area contributed by atoms with E-state index < -0.39 is 18.0 Å². The predicted molar refractivity (Wildman–Crippen MR) is 55.5 cm³/mol. The van der Waals surface area contributed by atoms with Crippen molar-refractivity contribution in [3.05, 3.63) is 0 Å². The van der Waals surface area contributed by atoms with Gasteiger partial charge in [0.25, 0.3) is 11.8 Å². The second-order valence-electron chi connectivity index (χ2n) is 4.58. The first-order valence-corrected chi connectivity index (χ1v) is 5.80. The molecular formula is C11H15NO5. The second-order valence-corrected chi connectivity index (χ2v) is 4.58. The van der Waals surface area contributed by atoms with Crippen molar-refractivity contribution in [3.8, 4) is 0 Å². The lowest BCUT2D eigenvalue weighted by molar-refractivity contribution is -0.178. The van der Waals surface area contributed by atoms with Gasteiger partial charge in [-0.15, -0.1) is 0 Å². The number of hydrogen-bond donors (Lipinski definition) is 0. The maximum atomic E-state index is 11.4. The summed E-state index contributed by atoms with van der Waals surface area (Å²) >= 11 is 0. The van der Waals surface area contributed by atoms with Gasteiger partial charge < -0.3 is 4.74 Å². The van der Waals surface area contributed by atoms with Gasteiger partial charge in [-0.2, -0.15) is 0 Å². The smallest absolute Gasteiger partial charge is 0.429 e. The summed E-state index contributed by atoms with van der Waals surface area (Å²) in [6.07, 6.45) is 1.67. The topological polar surface area (TPSA) is 72.9 Å². The van der Waals surface area contributed by atoms with Crippen LogP contribution in [0.1, 0.15) is 39.0 Å². The summed E-state index contributed by atoms with van der Waals surface area (Å²) < 4.78 is 5.03. The van der Waals surface area contributed by atoms with Gasteiger partial charge in [0.15, 0.2) is 0 Å². The molecule has 2 aliphatic rings. The third-order valence-corrected chi connectivity index (χ3v) is 3.08. The molecule has 2 atom stereocenters. The maximum Gasteiger partial charge on any atom is 0.534 e. The first-order valence-electron chi connectivity index (χ1n) is 5.80. The van der Waals surface area contributed by atoms with Crippen LogP contribution in [0.5, 0.6) is 0 Å². The minimum Gasteiger partial charge on any atom is -0.429 e. The van der Waals surface area contributed by atoms with Gasteiger partial charge in [-0.05, 0) is 25.2 Å². The Labute approximate surface area is 98.8 Å². The molecule has 2 rings (SSSR count). The zero-order valence-corrected chi connectivity index (χ0v) is 9.68. The largest absolute Gasteiger partial charge is 0.534 e. The van der Waals surface area contributed by atoms with Crippen molar-refractivity contribution >= 4 is 18.0 Å². The Kier molecular flexibility index (Phi) is 3.31. The van der Waals surface area contributed by atoms with Crippen LogP contribution in [0.15, 0.2) is 0 Å². The van der Waals surface area contributed by atoms with Crippen molar-refractivity contribution < 1.29 is 24.0 Å². The number of rotatable bonds is 2. The Morgan fingerprint density at radius 2 is 1.88 bits per heavy atom. The highest BCUT2D eigenvalue weighted by Gasteiger charge is 2.34. The van der Waals surface area contributed by atoms with Crippen molar-refractivity contribution in [2.75, 3.05) is 0 Å². The van der Waals surface area contributed by atoms with Crippen LogP contribution >= 0.6 is 0 Å². The number of carbonyl (C=O) groups is 3. The van der Waals surface area contributed by atoms with Gasteiger partial charge in [-0.1, -0.05) is 12.0 Å². The molecule has 6 nitrogen and oxygen atoms in total. The quantitative estimate of drug-likeness (QED) is 0.539. The number of hydrogen-bond acceptors (Lipinski definition) is 5. The minimum atomic E-state index is -0.965. The van der Waals surface area contributed by atoms with Gasteiger partial charge in [0.2, 0.25) is 0 Å². The fourth-order valence-corrected chi connectivity index (χ4v) is 2.15. The summed E-state index contributed by atoms with van der Waals surface area (Å²) in [4.78, 5) is 38.3. The Balaban J connectivity index is 1.81. The third kappa shape index (κ3) is 2.75. The highest BCUT2D eigenvalue weighted by molar-refractivity contribution is 6.01. The fraction of sp³-hybridized carbons (Fsp3) is 0.727. The van der Waals surface area contributed by atoms with Crippen molar-refractivity contribution in [1.82, 2.24) is 5.06 Å². The number of hydroxylamine groups is 2. The van der Waals surface area contributed by atoms with E-state index in [2.05, 4.69) is 11.8 Å². The summed E-state index contributed by atoms with van der Waals surface area (Å²) in [5, 5.41) is 0.501. The number of amides is 2. The van der Waals surface area contributed by atoms with E-state index in [0.717, 1.165) is 19.3 Å². The lowest BCUT2D eigenvalue weighted by Crippen LogP contribution is -2.33. The van der Waals surface area contributed by atoms with Crippen molar-refractivity contribution in [1.29, 1.82) is 0 Å². The van der Waals surface area contributed by atoms with E-state index in [-0.39, 0.29) is 18.9 Å². The molecule has 6 heteroatoms. The maximum absolute atomic E-state index is 11.4. The molecule has 17 heavy (non-hydrogen) atoms. The fourth-order valence-electron chi connectivity index (χ4n) is 2.15. The monoisotopic (exact) mass is 241 g/mol. The van der Waals surface area contributed by atoms with Gasteiger partial charge in [-0.3, -0.25) is 14.4 Å². The first-order chi connectivity index (χ1) is 8.06. The molecule has 2 unspecified atom stereocenters. The average Bonchev–Trinajstić information content (AvgIpc) is 2.79. The summed E-state index contributed by atoms with van der Waals surface area (Å²) in [6.45, 7) is 2.09. The van der Waals surface area contributed by atoms with Crippen LogP contribution in [-0.2, 0) is 19.2 Å². The summed E-state index contributed by atoms with van der Waals surface area (Å²) in [6, 6.07) is 0. The standard InChI is InChI=1S/C11H15NO5/c1-7-2-3-8(6-7)16-11(15)17-12-9(13)4-5-10(12)14/h7-8H,2-6H2,1H3. The third-order valence-electron chi connectivity index (χ3n) is 3.08. The zero-order valence-electron chi connectivity index (χ0n) is 9.68.